The summed E-state index contributed by atoms with van der Waals surface area (Å²) in [6, 6.07) is 14.5. The second-order valence-corrected chi connectivity index (χ2v) is 7.22. The van der Waals surface area contributed by atoms with Crippen molar-refractivity contribution in [2.75, 3.05) is 0 Å². The number of allylic oxidation sites excluding steroid dienone is 1. The van der Waals surface area contributed by atoms with Crippen LogP contribution in [-0.4, -0.2) is 37.6 Å². The Hall–Kier alpha value is -4.20. The highest BCUT2D eigenvalue weighted by Crippen LogP contribution is 2.29. The van der Waals surface area contributed by atoms with Gasteiger partial charge in [-0.15, -0.1) is 0 Å². The zero-order valence-electron chi connectivity index (χ0n) is 17.1. The third-order valence-electron chi connectivity index (χ3n) is 5.02. The van der Waals surface area contributed by atoms with Gasteiger partial charge in [-0.1, -0.05) is 54.6 Å². The van der Waals surface area contributed by atoms with E-state index in [1.807, 2.05) is 43.3 Å². The molecule has 156 valence electrons. The fourth-order valence-electron chi connectivity index (χ4n) is 3.50. The molecule has 8 heteroatoms. The largest absolute Gasteiger partial charge is 0.508 e. The normalized spacial score (nSPS) is 14.0. The predicted molar refractivity (Wildman–Crippen MR) is 120 cm³/mol. The van der Waals surface area contributed by atoms with Crippen molar-refractivity contribution in [3.05, 3.63) is 89.5 Å². The molecule has 0 unspecified atom stereocenters. The summed E-state index contributed by atoms with van der Waals surface area (Å²) in [5.41, 5.74) is 9.57. The highest BCUT2D eigenvalue weighted by atomic mass is 16.3. The Balaban J connectivity index is 1.64. The average Bonchev–Trinajstić information content (AvgIpc) is 3.25. The molecule has 0 saturated carbocycles. The number of aromatic nitrogens is 2. The molecule has 2 aromatic carbocycles. The van der Waals surface area contributed by atoms with Crippen LogP contribution in [0.2, 0.25) is 0 Å². The lowest BCUT2D eigenvalue weighted by Crippen LogP contribution is -2.23. The minimum absolute atomic E-state index is 0.169. The summed E-state index contributed by atoms with van der Waals surface area (Å²) in [5.74, 6) is 0.596. The molecule has 0 bridgehead atoms. The summed E-state index contributed by atoms with van der Waals surface area (Å²) in [6.07, 6.45) is 2.74. The van der Waals surface area contributed by atoms with Crippen LogP contribution >= 0.6 is 0 Å². The van der Waals surface area contributed by atoms with Gasteiger partial charge >= 0.3 is 6.03 Å². The van der Waals surface area contributed by atoms with Crippen molar-refractivity contribution in [3.8, 4) is 5.75 Å². The van der Waals surface area contributed by atoms with Crippen LogP contribution in [0, 0.1) is 6.92 Å². The van der Waals surface area contributed by atoms with Crippen molar-refractivity contribution in [1.29, 1.82) is 0 Å². The number of urea groups is 1. The SMILES string of the molecule is C=C1C(c2ncn(Cc3ccccc3O)c2/N=C\N)=NC(=O)N1Cc1cccc(C)c1. The number of hydrogen-bond acceptors (Lipinski definition) is 4. The van der Waals surface area contributed by atoms with Gasteiger partial charge in [0, 0.05) is 5.56 Å². The van der Waals surface area contributed by atoms with E-state index in [-0.39, 0.29) is 5.75 Å². The van der Waals surface area contributed by atoms with Crippen LogP contribution in [0.5, 0.6) is 5.75 Å². The van der Waals surface area contributed by atoms with Gasteiger partial charge in [0.25, 0.3) is 0 Å². The van der Waals surface area contributed by atoms with Crippen molar-refractivity contribution in [1.82, 2.24) is 14.5 Å². The third-order valence-corrected chi connectivity index (χ3v) is 5.02. The first-order valence-corrected chi connectivity index (χ1v) is 9.69. The second kappa shape index (κ2) is 8.27. The number of benzene rings is 2. The van der Waals surface area contributed by atoms with Crippen LogP contribution in [0.25, 0.3) is 0 Å². The van der Waals surface area contributed by atoms with Crippen molar-refractivity contribution < 1.29 is 9.90 Å². The molecule has 8 nitrogen and oxygen atoms in total. The topological polar surface area (TPSA) is 109 Å². The molecule has 31 heavy (non-hydrogen) atoms. The second-order valence-electron chi connectivity index (χ2n) is 7.22. The van der Waals surface area contributed by atoms with Crippen LogP contribution in [0.4, 0.5) is 10.6 Å². The number of hydrogen-bond donors (Lipinski definition) is 2. The number of aliphatic imine (C=N–C) groups is 2. The molecule has 0 spiro atoms. The van der Waals surface area contributed by atoms with Gasteiger partial charge < -0.3 is 15.4 Å². The molecule has 0 atom stereocenters. The lowest BCUT2D eigenvalue weighted by atomic mass is 10.1. The minimum Gasteiger partial charge on any atom is -0.508 e. The number of aromatic hydroxyl groups is 1. The van der Waals surface area contributed by atoms with Gasteiger partial charge in [-0.05, 0) is 18.6 Å². The highest BCUT2D eigenvalue weighted by molar-refractivity contribution is 6.21. The molecule has 3 N–H and O–H groups in total. The van der Waals surface area contributed by atoms with Crippen LogP contribution in [0.3, 0.4) is 0 Å². The first-order valence-electron chi connectivity index (χ1n) is 9.69. The summed E-state index contributed by atoms with van der Waals surface area (Å²) in [7, 11) is 0. The molecular weight excluding hydrogens is 392 g/mol. The molecule has 3 aromatic rings. The number of carbonyl (C=O) groups excluding carboxylic acids is 1. The van der Waals surface area contributed by atoms with Crippen LogP contribution < -0.4 is 5.73 Å². The minimum atomic E-state index is -0.403. The monoisotopic (exact) mass is 414 g/mol. The summed E-state index contributed by atoms with van der Waals surface area (Å²) < 4.78 is 1.73. The van der Waals surface area contributed by atoms with E-state index in [0.717, 1.165) is 17.5 Å². The van der Waals surface area contributed by atoms with E-state index >= 15 is 0 Å². The quantitative estimate of drug-likeness (QED) is 0.475. The molecule has 0 fully saturated rings. The van der Waals surface area contributed by atoms with Crippen molar-refractivity contribution in [2.24, 2.45) is 15.7 Å². The van der Waals surface area contributed by atoms with Gasteiger partial charge in [0.1, 0.15) is 17.2 Å². The lowest BCUT2D eigenvalue weighted by Gasteiger charge is -2.17. The Labute approximate surface area is 179 Å². The number of nitrogens with two attached hydrogens (primary N) is 1. The van der Waals surface area contributed by atoms with E-state index in [4.69, 9.17) is 5.73 Å². The number of imidazole rings is 1. The summed E-state index contributed by atoms with van der Waals surface area (Å²) in [5, 5.41) is 10.1. The van der Waals surface area contributed by atoms with Gasteiger partial charge in [-0.25, -0.2) is 14.8 Å². The molecule has 4 rings (SSSR count). The Morgan fingerprint density at radius 3 is 2.74 bits per heavy atom. The number of rotatable bonds is 6. The van der Waals surface area contributed by atoms with Crippen LogP contribution in [-0.2, 0) is 13.1 Å². The van der Waals surface area contributed by atoms with E-state index in [2.05, 4.69) is 21.5 Å². The molecule has 1 aromatic heterocycles. The molecule has 2 amide bonds. The number of phenolic OH excluding ortho intramolecular Hbond substituents is 1. The molecule has 1 aliphatic rings. The van der Waals surface area contributed by atoms with Gasteiger partial charge in [-0.2, -0.15) is 4.99 Å². The Kier molecular flexibility index (Phi) is 5.36. The zero-order chi connectivity index (χ0) is 22.0. The van der Waals surface area contributed by atoms with Gasteiger partial charge in [0.2, 0.25) is 0 Å². The maximum atomic E-state index is 12.6. The van der Waals surface area contributed by atoms with Crippen molar-refractivity contribution in [3.63, 3.8) is 0 Å². The highest BCUT2D eigenvalue weighted by Gasteiger charge is 2.32. The Bertz CT molecular complexity index is 1220. The molecule has 1 aliphatic heterocycles. The summed E-state index contributed by atoms with van der Waals surface area (Å²) >= 11 is 0. The van der Waals surface area contributed by atoms with E-state index < -0.39 is 6.03 Å². The number of carbonyl (C=O) groups is 1. The molecule has 0 aliphatic carbocycles. The maximum Gasteiger partial charge on any atom is 0.349 e. The van der Waals surface area contributed by atoms with E-state index in [9.17, 15) is 9.90 Å². The number of para-hydroxylation sites is 1. The van der Waals surface area contributed by atoms with E-state index in [1.165, 1.54) is 4.90 Å². The first-order chi connectivity index (χ1) is 15.0. The molecular formula is C23H22N6O2. The van der Waals surface area contributed by atoms with E-state index in [0.29, 0.717) is 41.6 Å². The predicted octanol–water partition coefficient (Wildman–Crippen LogP) is 3.50. The number of amides is 2. The smallest absolute Gasteiger partial charge is 0.349 e. The number of phenols is 1. The fourth-order valence-corrected chi connectivity index (χ4v) is 3.50. The first kappa shape index (κ1) is 20.1. The molecule has 2 heterocycles. The van der Waals surface area contributed by atoms with Gasteiger partial charge in [0.15, 0.2) is 5.82 Å². The molecule has 0 saturated heterocycles. The zero-order valence-corrected chi connectivity index (χ0v) is 17.1. The Morgan fingerprint density at radius 1 is 1.19 bits per heavy atom. The average molecular weight is 414 g/mol. The van der Waals surface area contributed by atoms with E-state index in [1.54, 1.807) is 23.0 Å². The summed E-state index contributed by atoms with van der Waals surface area (Å²) in [4.78, 5) is 27.0. The number of nitrogens with zero attached hydrogens (tertiary/aromatic N) is 5. The maximum absolute atomic E-state index is 12.6. The lowest BCUT2D eigenvalue weighted by molar-refractivity contribution is 0.225. The number of aryl methyl sites for hydroxylation is 1. The third kappa shape index (κ3) is 3.95. The van der Waals surface area contributed by atoms with Crippen LogP contribution in [0.1, 0.15) is 22.4 Å². The van der Waals surface area contributed by atoms with Crippen molar-refractivity contribution in [2.45, 2.75) is 20.0 Å². The van der Waals surface area contributed by atoms with Gasteiger partial charge in [-0.3, -0.25) is 4.90 Å². The fraction of sp³-hybridized carbons (Fsp3) is 0.130. The standard InChI is InChI=1S/C23H22N6O2/c1-15-6-5-7-17(10-15)11-29-16(2)20(27-23(29)31)21-22(25-13-24)28(14-26-21)12-18-8-3-4-9-19(18)30/h3-10,13-14,30H,2,11-12H2,1H3,(H2,24,25). The van der Waals surface area contributed by atoms with Gasteiger partial charge in [0.05, 0.1) is 31.5 Å². The Morgan fingerprint density at radius 2 is 2.00 bits per heavy atom. The molecule has 0 radical (unpaired) electrons. The summed E-state index contributed by atoms with van der Waals surface area (Å²) in [6.45, 7) is 6.76. The van der Waals surface area contributed by atoms with Crippen LogP contribution in [0.15, 0.2) is 77.1 Å². The van der Waals surface area contributed by atoms with Crippen molar-refractivity contribution >= 4 is 23.9 Å².